The molecule has 2 atom stereocenters. The molecule has 0 saturated heterocycles. The van der Waals surface area contributed by atoms with Gasteiger partial charge in [-0.2, -0.15) is 0 Å². The van der Waals surface area contributed by atoms with E-state index in [9.17, 15) is 0 Å². The fourth-order valence-electron chi connectivity index (χ4n) is 3.31. The topological polar surface area (TPSA) is 43.2 Å². The van der Waals surface area contributed by atoms with Crippen molar-refractivity contribution in [3.8, 4) is 11.5 Å². The Morgan fingerprint density at radius 2 is 1.14 bits per heavy atom. The largest absolute Gasteiger partial charge is 0.490 e. The van der Waals surface area contributed by atoms with Gasteiger partial charge in [0.05, 0.1) is 11.4 Å². The number of fused-ring (bicyclic) bond motifs is 6. The van der Waals surface area contributed by atoms with E-state index >= 15 is 0 Å². The van der Waals surface area contributed by atoms with E-state index in [-0.39, 0.29) is 12.1 Å². The van der Waals surface area contributed by atoms with E-state index in [2.05, 4.69) is 12.1 Å². The zero-order valence-corrected chi connectivity index (χ0v) is 11.9. The van der Waals surface area contributed by atoms with Crippen molar-refractivity contribution >= 4 is 11.4 Å². The van der Waals surface area contributed by atoms with E-state index in [1.54, 1.807) is 0 Å². The lowest BCUT2D eigenvalue weighted by Gasteiger charge is -2.34. The van der Waals surface area contributed by atoms with Gasteiger partial charge in [-0.25, -0.2) is 0 Å². The lowest BCUT2D eigenvalue weighted by atomic mass is 9.93. The van der Waals surface area contributed by atoms with Crippen molar-refractivity contribution in [1.29, 1.82) is 0 Å². The normalized spacial score (nSPS) is 24.4. The monoisotopic (exact) mass is 290 g/mol. The summed E-state index contributed by atoms with van der Waals surface area (Å²) < 4.78 is 11.7. The zero-order valence-electron chi connectivity index (χ0n) is 11.9. The Bertz CT molecular complexity index is 756. The van der Waals surface area contributed by atoms with Crippen molar-refractivity contribution in [1.82, 2.24) is 0 Å². The smallest absolute Gasteiger partial charge is 0.128 e. The molecule has 0 unspecified atom stereocenters. The molecule has 0 spiro atoms. The minimum absolute atomic E-state index is 0.0210. The molecular weight excluding hydrogens is 276 g/mol. The van der Waals surface area contributed by atoms with Gasteiger partial charge in [0.15, 0.2) is 0 Å². The van der Waals surface area contributed by atoms with Crippen LogP contribution in [0.2, 0.25) is 0 Å². The predicted octanol–water partition coefficient (Wildman–Crippen LogP) is 2.50. The molecule has 0 aromatic heterocycles. The van der Waals surface area contributed by atoms with Crippen molar-refractivity contribution < 1.29 is 9.47 Å². The van der Waals surface area contributed by atoms with Gasteiger partial charge in [0.2, 0.25) is 0 Å². The molecule has 3 aliphatic rings. The van der Waals surface area contributed by atoms with Crippen molar-refractivity contribution in [2.24, 2.45) is 9.98 Å². The lowest BCUT2D eigenvalue weighted by Crippen LogP contribution is -2.43. The molecule has 3 heterocycles. The molecule has 5 rings (SSSR count). The molecule has 2 aromatic rings. The van der Waals surface area contributed by atoms with Crippen LogP contribution >= 0.6 is 0 Å². The van der Waals surface area contributed by atoms with Crippen LogP contribution < -0.4 is 9.47 Å². The Morgan fingerprint density at radius 1 is 0.682 bits per heavy atom. The van der Waals surface area contributed by atoms with Crippen molar-refractivity contribution in [3.63, 3.8) is 0 Å². The highest BCUT2D eigenvalue weighted by Gasteiger charge is 2.36. The number of hydrogen-bond acceptors (Lipinski definition) is 4. The number of ether oxygens (including phenoxy) is 2. The second-order valence-electron chi connectivity index (χ2n) is 5.67. The molecule has 0 bridgehead atoms. The summed E-state index contributed by atoms with van der Waals surface area (Å²) in [6, 6.07) is 16.0. The minimum Gasteiger partial charge on any atom is -0.490 e. The highest BCUT2D eigenvalue weighted by molar-refractivity contribution is 6.16. The number of benzene rings is 2. The Labute approximate surface area is 128 Å². The first kappa shape index (κ1) is 12.0. The van der Waals surface area contributed by atoms with Gasteiger partial charge in [0.1, 0.15) is 36.8 Å². The molecule has 0 N–H and O–H groups in total. The first-order valence-electron chi connectivity index (χ1n) is 7.50. The third-order valence-electron chi connectivity index (χ3n) is 4.34. The van der Waals surface area contributed by atoms with Crippen LogP contribution in [0.4, 0.5) is 0 Å². The van der Waals surface area contributed by atoms with Crippen LogP contribution in [0.1, 0.15) is 11.1 Å². The Morgan fingerprint density at radius 3 is 1.64 bits per heavy atom. The summed E-state index contributed by atoms with van der Waals surface area (Å²) in [4.78, 5) is 9.89. The van der Waals surface area contributed by atoms with Gasteiger partial charge < -0.3 is 9.47 Å². The van der Waals surface area contributed by atoms with Gasteiger partial charge in [-0.3, -0.25) is 9.98 Å². The van der Waals surface area contributed by atoms with Crippen LogP contribution in [0.15, 0.2) is 58.5 Å². The van der Waals surface area contributed by atoms with Crippen LogP contribution in [0.25, 0.3) is 0 Å². The summed E-state index contributed by atoms with van der Waals surface area (Å²) in [5, 5.41) is 0. The number of para-hydroxylation sites is 2. The molecular formula is C18H14N2O2. The standard InChI is InChI=1S/C18H14N2O2/c1-3-7-15-11(5-1)17-13(9-21-15)20-18-12-6-2-4-8-16(12)22-10-14(18)19-17/h1-8,13-14H,9-10H2/t13-,14+. The summed E-state index contributed by atoms with van der Waals surface area (Å²) in [6.07, 6.45) is 0. The number of rotatable bonds is 0. The Balaban J connectivity index is 1.63. The first-order valence-corrected chi connectivity index (χ1v) is 7.50. The molecule has 22 heavy (non-hydrogen) atoms. The summed E-state index contributed by atoms with van der Waals surface area (Å²) in [6.45, 7) is 1.10. The van der Waals surface area contributed by atoms with Crippen molar-refractivity contribution in [2.45, 2.75) is 12.1 Å². The molecule has 4 heteroatoms. The van der Waals surface area contributed by atoms with E-state index < -0.39 is 0 Å². The Kier molecular flexibility index (Phi) is 2.41. The second-order valence-corrected chi connectivity index (χ2v) is 5.67. The number of aliphatic imine (C=N–C) groups is 2. The number of hydrogen-bond donors (Lipinski definition) is 0. The number of nitrogens with zero attached hydrogens (tertiary/aromatic N) is 2. The van der Waals surface area contributed by atoms with E-state index in [1.165, 1.54) is 0 Å². The third kappa shape index (κ3) is 1.64. The summed E-state index contributed by atoms with van der Waals surface area (Å²) in [7, 11) is 0. The van der Waals surface area contributed by atoms with E-state index in [4.69, 9.17) is 19.5 Å². The van der Waals surface area contributed by atoms with E-state index in [0.717, 1.165) is 34.0 Å². The molecule has 0 amide bonds. The predicted molar refractivity (Wildman–Crippen MR) is 84.5 cm³/mol. The lowest BCUT2D eigenvalue weighted by molar-refractivity contribution is 0.288. The third-order valence-corrected chi connectivity index (χ3v) is 4.34. The Hall–Kier alpha value is -2.62. The molecule has 0 aliphatic carbocycles. The van der Waals surface area contributed by atoms with Crippen molar-refractivity contribution in [3.05, 3.63) is 59.7 Å². The van der Waals surface area contributed by atoms with Crippen LogP contribution in [-0.2, 0) is 0 Å². The van der Waals surface area contributed by atoms with E-state index in [0.29, 0.717) is 13.2 Å². The van der Waals surface area contributed by atoms with Gasteiger partial charge in [0.25, 0.3) is 0 Å². The zero-order chi connectivity index (χ0) is 14.5. The average molecular weight is 290 g/mol. The van der Waals surface area contributed by atoms with E-state index in [1.807, 2.05) is 36.4 Å². The highest BCUT2D eigenvalue weighted by Crippen LogP contribution is 2.33. The summed E-state index contributed by atoms with van der Waals surface area (Å²) >= 11 is 0. The summed E-state index contributed by atoms with van der Waals surface area (Å²) in [5.74, 6) is 1.79. The molecule has 2 aromatic carbocycles. The van der Waals surface area contributed by atoms with Crippen LogP contribution in [0.3, 0.4) is 0 Å². The van der Waals surface area contributed by atoms with Crippen LogP contribution in [0, 0.1) is 0 Å². The fraction of sp³-hybridized carbons (Fsp3) is 0.222. The molecule has 3 aliphatic heterocycles. The maximum atomic E-state index is 5.84. The van der Waals surface area contributed by atoms with Crippen molar-refractivity contribution in [2.75, 3.05) is 13.2 Å². The quantitative estimate of drug-likeness (QED) is 0.748. The molecule has 4 nitrogen and oxygen atoms in total. The average Bonchev–Trinajstić information content (AvgIpc) is 2.60. The van der Waals surface area contributed by atoms with Gasteiger partial charge in [-0.1, -0.05) is 24.3 Å². The maximum Gasteiger partial charge on any atom is 0.128 e. The van der Waals surface area contributed by atoms with Gasteiger partial charge in [-0.15, -0.1) is 0 Å². The second kappa shape index (κ2) is 4.44. The fourth-order valence-corrected chi connectivity index (χ4v) is 3.31. The van der Waals surface area contributed by atoms with Gasteiger partial charge >= 0.3 is 0 Å². The highest BCUT2D eigenvalue weighted by atomic mass is 16.5. The maximum absolute atomic E-state index is 5.84. The SMILES string of the molecule is c1ccc2c(c1)OC[C@@H]1N=C3c4ccccc4OC[C@H]3N=C21. The van der Waals surface area contributed by atoms with Gasteiger partial charge in [-0.05, 0) is 24.3 Å². The first-order chi connectivity index (χ1) is 10.9. The van der Waals surface area contributed by atoms with Gasteiger partial charge in [0, 0.05) is 11.1 Å². The minimum atomic E-state index is -0.0210. The molecule has 108 valence electrons. The summed E-state index contributed by atoms with van der Waals surface area (Å²) in [5.41, 5.74) is 4.16. The molecule has 0 saturated carbocycles. The van der Waals surface area contributed by atoms with Crippen LogP contribution in [0.5, 0.6) is 11.5 Å². The molecule has 0 radical (unpaired) electrons. The van der Waals surface area contributed by atoms with Crippen LogP contribution in [-0.4, -0.2) is 36.7 Å². The molecule has 0 fully saturated rings.